The van der Waals surface area contributed by atoms with Crippen molar-refractivity contribution in [3.8, 4) is 6.07 Å². The number of carbonyl (C=O) groups is 1. The smallest absolute Gasteiger partial charge is 0.382 e. The molecule has 8 heteroatoms. The maximum atomic E-state index is 12.6. The van der Waals surface area contributed by atoms with Crippen molar-refractivity contribution in [3.63, 3.8) is 0 Å². The topological polar surface area (TPSA) is 76.4 Å². The van der Waals surface area contributed by atoms with E-state index in [1.807, 2.05) is 6.07 Å². The van der Waals surface area contributed by atoms with Crippen LogP contribution in [0.1, 0.15) is 24.8 Å². The van der Waals surface area contributed by atoms with Crippen molar-refractivity contribution in [1.29, 1.82) is 5.26 Å². The van der Waals surface area contributed by atoms with Crippen LogP contribution >= 0.6 is 0 Å². The lowest BCUT2D eigenvalue weighted by molar-refractivity contribution is -0.219. The zero-order chi connectivity index (χ0) is 17.7. The highest BCUT2D eigenvalue weighted by Crippen LogP contribution is 2.30. The number of nitriles is 1. The Morgan fingerprint density at radius 1 is 1.42 bits per heavy atom. The molecule has 0 saturated carbocycles. The quantitative estimate of drug-likeness (QED) is 0.861. The number of hydrogen-bond donors (Lipinski definition) is 2. The molecule has 1 aliphatic rings. The van der Waals surface area contributed by atoms with E-state index in [-0.39, 0.29) is 25.3 Å². The molecule has 0 spiro atoms. The van der Waals surface area contributed by atoms with Gasteiger partial charge in [-0.05, 0) is 43.7 Å². The standard InChI is InChI=1S/C16H18F3N3O2/c17-16(18,19)15(24)13-2-1-8-22(13)9-7-14(23)21-12-5-3-11(10-20)4-6-12/h3-6,13,15,24H,1-2,7-9H2,(H,21,23). The highest BCUT2D eigenvalue weighted by Gasteiger charge is 2.46. The van der Waals surface area contributed by atoms with Crippen LogP contribution in [0.15, 0.2) is 24.3 Å². The summed E-state index contributed by atoms with van der Waals surface area (Å²) in [4.78, 5) is 13.4. The van der Waals surface area contributed by atoms with Crippen molar-refractivity contribution < 1.29 is 23.1 Å². The molecule has 5 nitrogen and oxygen atoms in total. The van der Waals surface area contributed by atoms with Gasteiger partial charge in [0.1, 0.15) is 0 Å². The van der Waals surface area contributed by atoms with E-state index < -0.39 is 18.3 Å². The first-order valence-electron chi connectivity index (χ1n) is 7.60. The second-order valence-corrected chi connectivity index (χ2v) is 5.72. The summed E-state index contributed by atoms with van der Waals surface area (Å²) in [7, 11) is 0. The molecule has 1 fully saturated rings. The van der Waals surface area contributed by atoms with Gasteiger partial charge < -0.3 is 10.4 Å². The molecular formula is C16H18F3N3O2. The summed E-state index contributed by atoms with van der Waals surface area (Å²) < 4.78 is 37.9. The lowest BCUT2D eigenvalue weighted by atomic mass is 10.1. The van der Waals surface area contributed by atoms with E-state index in [1.165, 1.54) is 4.90 Å². The molecule has 0 aliphatic carbocycles. The SMILES string of the molecule is N#Cc1ccc(NC(=O)CCN2CCCC2C(O)C(F)(F)F)cc1. The number of rotatable bonds is 5. The molecule has 1 aromatic rings. The van der Waals surface area contributed by atoms with Crippen LogP contribution in [0.25, 0.3) is 0 Å². The Hall–Kier alpha value is -2.11. The summed E-state index contributed by atoms with van der Waals surface area (Å²) in [5.41, 5.74) is 0.987. The van der Waals surface area contributed by atoms with Gasteiger partial charge in [0.25, 0.3) is 0 Å². The Labute approximate surface area is 137 Å². The van der Waals surface area contributed by atoms with Crippen molar-refractivity contribution in [3.05, 3.63) is 29.8 Å². The van der Waals surface area contributed by atoms with Crippen LogP contribution in [0.3, 0.4) is 0 Å². The normalized spacial score (nSPS) is 19.7. The average molecular weight is 341 g/mol. The van der Waals surface area contributed by atoms with Gasteiger partial charge in [-0.1, -0.05) is 0 Å². The van der Waals surface area contributed by atoms with Gasteiger partial charge in [0.2, 0.25) is 5.91 Å². The molecule has 1 heterocycles. The van der Waals surface area contributed by atoms with Crippen molar-refractivity contribution >= 4 is 11.6 Å². The molecule has 0 radical (unpaired) electrons. The van der Waals surface area contributed by atoms with Gasteiger partial charge in [-0.3, -0.25) is 9.69 Å². The molecule has 2 atom stereocenters. The molecule has 1 aliphatic heterocycles. The fraction of sp³-hybridized carbons (Fsp3) is 0.500. The third kappa shape index (κ3) is 4.69. The van der Waals surface area contributed by atoms with Gasteiger partial charge in [0.15, 0.2) is 6.10 Å². The van der Waals surface area contributed by atoms with Crippen LogP contribution in [-0.2, 0) is 4.79 Å². The van der Waals surface area contributed by atoms with E-state index >= 15 is 0 Å². The summed E-state index contributed by atoms with van der Waals surface area (Å²) >= 11 is 0. The lowest BCUT2D eigenvalue weighted by Crippen LogP contribution is -2.47. The fourth-order valence-electron chi connectivity index (χ4n) is 2.80. The van der Waals surface area contributed by atoms with E-state index in [0.717, 1.165) is 0 Å². The Morgan fingerprint density at radius 3 is 2.67 bits per heavy atom. The first-order chi connectivity index (χ1) is 11.3. The molecule has 130 valence electrons. The van der Waals surface area contributed by atoms with E-state index in [9.17, 15) is 23.1 Å². The highest BCUT2D eigenvalue weighted by atomic mass is 19.4. The molecule has 24 heavy (non-hydrogen) atoms. The first-order valence-corrected chi connectivity index (χ1v) is 7.60. The van der Waals surface area contributed by atoms with Crippen LogP contribution < -0.4 is 5.32 Å². The second kappa shape index (κ2) is 7.64. The highest BCUT2D eigenvalue weighted by molar-refractivity contribution is 5.90. The van der Waals surface area contributed by atoms with Crippen molar-refractivity contribution in [2.24, 2.45) is 0 Å². The number of amides is 1. The molecule has 0 bridgehead atoms. The number of nitrogens with one attached hydrogen (secondary N) is 1. The number of benzene rings is 1. The van der Waals surface area contributed by atoms with Gasteiger partial charge in [-0.25, -0.2) is 0 Å². The first kappa shape index (κ1) is 18.2. The van der Waals surface area contributed by atoms with Gasteiger partial charge in [-0.15, -0.1) is 0 Å². The molecule has 1 aromatic carbocycles. The number of nitrogens with zero attached hydrogens (tertiary/aromatic N) is 2. The minimum absolute atomic E-state index is 0.0288. The molecular weight excluding hydrogens is 323 g/mol. The summed E-state index contributed by atoms with van der Waals surface area (Å²) in [6.45, 7) is 0.585. The third-order valence-corrected chi connectivity index (χ3v) is 4.04. The number of alkyl halides is 3. The minimum atomic E-state index is -4.65. The predicted molar refractivity (Wildman–Crippen MR) is 81.1 cm³/mol. The van der Waals surface area contributed by atoms with E-state index in [2.05, 4.69) is 5.32 Å². The van der Waals surface area contributed by atoms with Gasteiger partial charge >= 0.3 is 6.18 Å². The number of aliphatic hydroxyl groups excluding tert-OH is 1. The molecule has 2 rings (SSSR count). The minimum Gasteiger partial charge on any atom is -0.382 e. The summed E-state index contributed by atoms with van der Waals surface area (Å²) in [6.07, 6.45) is -6.19. The number of anilines is 1. The third-order valence-electron chi connectivity index (χ3n) is 4.04. The number of hydrogen-bond acceptors (Lipinski definition) is 4. The number of halogens is 3. The fourth-order valence-corrected chi connectivity index (χ4v) is 2.80. The number of carbonyl (C=O) groups excluding carboxylic acids is 1. The summed E-state index contributed by atoms with van der Waals surface area (Å²) in [5.74, 6) is -0.327. The van der Waals surface area contributed by atoms with Crippen molar-refractivity contribution in [2.45, 2.75) is 37.6 Å². The average Bonchev–Trinajstić information content (AvgIpc) is 3.00. The Morgan fingerprint density at radius 2 is 2.08 bits per heavy atom. The van der Waals surface area contributed by atoms with Crippen molar-refractivity contribution in [2.75, 3.05) is 18.4 Å². The Bertz CT molecular complexity index is 610. The van der Waals surface area contributed by atoms with Crippen molar-refractivity contribution in [1.82, 2.24) is 4.90 Å². The number of likely N-dealkylation sites (tertiary alicyclic amines) is 1. The van der Waals surface area contributed by atoms with Crippen LogP contribution in [0, 0.1) is 11.3 Å². The lowest BCUT2D eigenvalue weighted by Gasteiger charge is -2.29. The zero-order valence-electron chi connectivity index (χ0n) is 12.9. The summed E-state index contributed by atoms with van der Waals surface area (Å²) in [6, 6.07) is 7.26. The van der Waals surface area contributed by atoms with Gasteiger partial charge in [0.05, 0.1) is 11.6 Å². The predicted octanol–water partition coefficient (Wildman–Crippen LogP) is 2.27. The molecule has 2 unspecified atom stereocenters. The number of aliphatic hydroxyl groups is 1. The monoisotopic (exact) mass is 341 g/mol. The van der Waals surface area contributed by atoms with Crippen LogP contribution in [0.5, 0.6) is 0 Å². The van der Waals surface area contributed by atoms with Crippen LogP contribution in [0.2, 0.25) is 0 Å². The molecule has 2 N–H and O–H groups in total. The van der Waals surface area contributed by atoms with Crippen LogP contribution in [-0.4, -0.2) is 47.3 Å². The molecule has 0 aromatic heterocycles. The van der Waals surface area contributed by atoms with Crippen LogP contribution in [0.4, 0.5) is 18.9 Å². The van der Waals surface area contributed by atoms with E-state index in [1.54, 1.807) is 24.3 Å². The maximum absolute atomic E-state index is 12.6. The maximum Gasteiger partial charge on any atom is 0.415 e. The molecule has 1 saturated heterocycles. The Kier molecular flexibility index (Phi) is 5.80. The van der Waals surface area contributed by atoms with E-state index in [0.29, 0.717) is 24.2 Å². The largest absolute Gasteiger partial charge is 0.415 e. The summed E-state index contributed by atoms with van der Waals surface area (Å²) in [5, 5.41) is 20.7. The zero-order valence-corrected chi connectivity index (χ0v) is 12.9. The second-order valence-electron chi connectivity index (χ2n) is 5.72. The van der Waals surface area contributed by atoms with E-state index in [4.69, 9.17) is 5.26 Å². The Balaban J connectivity index is 1.85. The molecule has 1 amide bonds. The van der Waals surface area contributed by atoms with Gasteiger partial charge in [-0.2, -0.15) is 18.4 Å². The van der Waals surface area contributed by atoms with Gasteiger partial charge in [0, 0.05) is 24.7 Å².